The Hall–Kier alpha value is -3.28. The van der Waals surface area contributed by atoms with Crippen LogP contribution in [-0.4, -0.2) is 17.4 Å². The molecule has 0 saturated carbocycles. The van der Waals surface area contributed by atoms with Gasteiger partial charge in [-0.3, -0.25) is 4.79 Å². The van der Waals surface area contributed by atoms with Crippen LogP contribution in [0.25, 0.3) is 6.08 Å². The number of phenolic OH excluding ortho intramolecular Hbond substituents is 1. The highest BCUT2D eigenvalue weighted by atomic mass is 16.5. The van der Waals surface area contributed by atoms with E-state index < -0.39 is 0 Å². The number of aliphatic imine (C=N–C) groups is 1. The van der Waals surface area contributed by atoms with Gasteiger partial charge in [0.25, 0.3) is 0 Å². The Morgan fingerprint density at radius 1 is 1.03 bits per heavy atom. The van der Waals surface area contributed by atoms with Gasteiger partial charge >= 0.3 is 0 Å². The van der Waals surface area contributed by atoms with Crippen molar-refractivity contribution in [3.63, 3.8) is 0 Å². The molecule has 0 aromatic heterocycles. The fraction of sp³-hybridized carbons (Fsp3) is 0.448. The summed E-state index contributed by atoms with van der Waals surface area (Å²) in [6.07, 6.45) is 5.83. The van der Waals surface area contributed by atoms with E-state index in [0.717, 1.165) is 34.6 Å². The second kappa shape index (κ2) is 25.3. The first-order valence-corrected chi connectivity index (χ1v) is 12.5. The minimum absolute atomic E-state index is 0.211. The van der Waals surface area contributed by atoms with E-state index in [1.165, 1.54) is 12.8 Å². The molecule has 6 heteroatoms. The van der Waals surface area contributed by atoms with Gasteiger partial charge < -0.3 is 21.3 Å². The number of rotatable bonds is 7. The van der Waals surface area contributed by atoms with Crippen LogP contribution in [0.3, 0.4) is 0 Å². The number of carbonyl (C=O) groups is 1. The number of ether oxygens (including phenoxy) is 1. The molecule has 1 amide bonds. The highest BCUT2D eigenvalue weighted by molar-refractivity contribution is 5.73. The molecule has 0 unspecified atom stereocenters. The van der Waals surface area contributed by atoms with E-state index in [4.69, 9.17) is 16.2 Å². The van der Waals surface area contributed by atoms with Gasteiger partial charge in [0, 0.05) is 17.7 Å². The van der Waals surface area contributed by atoms with Crippen LogP contribution in [0.15, 0.2) is 53.2 Å². The van der Waals surface area contributed by atoms with Crippen molar-refractivity contribution in [3.8, 4) is 11.5 Å². The normalized spacial score (nSPS) is 9.69. The molecular formula is C29H49N3O3. The Morgan fingerprint density at radius 3 is 1.97 bits per heavy atom. The van der Waals surface area contributed by atoms with E-state index in [1.807, 2.05) is 90.9 Å². The van der Waals surface area contributed by atoms with Crippen molar-refractivity contribution in [1.82, 2.24) is 0 Å². The molecule has 0 atom stereocenters. The van der Waals surface area contributed by atoms with Crippen LogP contribution in [0.4, 0.5) is 0 Å². The largest absolute Gasteiger partial charge is 0.508 e. The molecular weight excluding hydrogens is 438 g/mol. The maximum atomic E-state index is 9.85. The topological polar surface area (TPSA) is 111 Å². The zero-order chi connectivity index (χ0) is 27.6. The lowest BCUT2D eigenvalue weighted by Gasteiger charge is -2.08. The third kappa shape index (κ3) is 21.0. The monoisotopic (exact) mass is 487 g/mol. The molecule has 0 fully saturated rings. The summed E-state index contributed by atoms with van der Waals surface area (Å²) in [4.78, 5) is 13.8. The highest BCUT2D eigenvalue weighted by Gasteiger charge is 2.02. The number of carbonyl (C=O) groups excluding carboxylic acids is 1. The zero-order valence-electron chi connectivity index (χ0n) is 23.4. The number of phenols is 1. The molecule has 0 aliphatic heterocycles. The van der Waals surface area contributed by atoms with E-state index >= 15 is 0 Å². The summed E-state index contributed by atoms with van der Waals surface area (Å²) >= 11 is 0. The third-order valence-corrected chi connectivity index (χ3v) is 3.67. The van der Waals surface area contributed by atoms with Gasteiger partial charge in [0.15, 0.2) is 0 Å². The van der Waals surface area contributed by atoms with Crippen LogP contribution in [0, 0.1) is 6.92 Å². The van der Waals surface area contributed by atoms with E-state index in [2.05, 4.69) is 18.8 Å². The van der Waals surface area contributed by atoms with Crippen molar-refractivity contribution in [1.29, 1.82) is 0 Å². The van der Waals surface area contributed by atoms with Crippen LogP contribution in [0.1, 0.15) is 91.3 Å². The summed E-state index contributed by atoms with van der Waals surface area (Å²) < 4.78 is 5.69. The first-order valence-electron chi connectivity index (χ1n) is 12.5. The van der Waals surface area contributed by atoms with Gasteiger partial charge in [-0.05, 0) is 55.7 Å². The van der Waals surface area contributed by atoms with Gasteiger partial charge in [-0.2, -0.15) is 0 Å². The van der Waals surface area contributed by atoms with Gasteiger partial charge in [-0.1, -0.05) is 79.2 Å². The van der Waals surface area contributed by atoms with Crippen LogP contribution >= 0.6 is 0 Å². The van der Waals surface area contributed by atoms with Crippen molar-refractivity contribution in [2.45, 2.75) is 88.2 Å². The molecule has 2 aromatic carbocycles. The van der Waals surface area contributed by atoms with E-state index in [0.29, 0.717) is 13.0 Å². The number of allylic oxidation sites excluding steroid dienone is 1. The van der Waals surface area contributed by atoms with Crippen LogP contribution in [0.2, 0.25) is 0 Å². The van der Waals surface area contributed by atoms with E-state index in [-0.39, 0.29) is 11.7 Å². The Kier molecular flexibility index (Phi) is 26.3. The van der Waals surface area contributed by atoms with Crippen LogP contribution in [-0.2, 0) is 11.4 Å². The average molecular weight is 488 g/mol. The number of hydrogen-bond acceptors (Lipinski definition) is 4. The molecule has 2 rings (SSSR count). The highest BCUT2D eigenvalue weighted by Crippen LogP contribution is 2.21. The summed E-state index contributed by atoms with van der Waals surface area (Å²) in [5.74, 6) is 0.796. The summed E-state index contributed by atoms with van der Waals surface area (Å²) in [7, 11) is 0. The van der Waals surface area contributed by atoms with Crippen molar-refractivity contribution in [2.75, 3.05) is 0 Å². The quantitative estimate of drug-likeness (QED) is 0.279. The van der Waals surface area contributed by atoms with Gasteiger partial charge in [0.05, 0.1) is 6.34 Å². The molecule has 6 nitrogen and oxygen atoms in total. The number of aromatic hydroxyl groups is 1. The summed E-state index contributed by atoms with van der Waals surface area (Å²) in [6.45, 7) is 18.3. The molecule has 198 valence electrons. The average Bonchev–Trinajstić information content (AvgIpc) is 2.83. The number of aryl methyl sites for hydroxylation is 1. The molecule has 0 saturated heterocycles. The zero-order valence-corrected chi connectivity index (χ0v) is 23.4. The van der Waals surface area contributed by atoms with Crippen LogP contribution < -0.4 is 16.2 Å². The molecule has 2 aromatic rings. The first-order chi connectivity index (χ1) is 16.8. The molecule has 0 bridgehead atoms. The number of benzene rings is 2. The molecule has 0 spiro atoms. The maximum Gasteiger partial charge on any atom is 0.217 e. The summed E-state index contributed by atoms with van der Waals surface area (Å²) in [5, 5.41) is 9.85. The molecule has 5 N–H and O–H groups in total. The lowest BCUT2D eigenvalue weighted by Crippen LogP contribution is -2.08. The smallest absolute Gasteiger partial charge is 0.217 e. The minimum atomic E-state index is -0.211. The molecule has 35 heavy (non-hydrogen) atoms. The summed E-state index contributed by atoms with van der Waals surface area (Å²) in [6, 6.07) is 13.2. The third-order valence-electron chi connectivity index (χ3n) is 3.67. The fourth-order valence-electron chi connectivity index (χ4n) is 2.26. The van der Waals surface area contributed by atoms with Gasteiger partial charge in [0.2, 0.25) is 5.91 Å². The van der Waals surface area contributed by atoms with Gasteiger partial charge in [-0.25, -0.2) is 4.99 Å². The molecule has 0 radical (unpaired) electrons. The standard InChI is InChI=1S/C18H20N2O2.C4H9NO.C3H8.2C2H6/c1-13-3-6-16(18(21)9-13)11-22-17-7-4-15(5-8-17)10-14(2)20-12-19;1-2-3-4(5)6;1-3-2;2*1-2/h3-10,12,21H,11H2,1-2H3,(H2,19,20);2-3H2,1H3,(H2,5,6);3H2,1-2H3;2*1-2H3/b14-10-;;;;. The number of amides is 1. The minimum Gasteiger partial charge on any atom is -0.508 e. The lowest BCUT2D eigenvalue weighted by molar-refractivity contribution is -0.118. The molecule has 0 aliphatic rings. The van der Waals surface area contributed by atoms with E-state index in [1.54, 1.807) is 6.07 Å². The Labute approximate surface area is 214 Å². The van der Waals surface area contributed by atoms with Crippen LogP contribution in [0.5, 0.6) is 11.5 Å². The first kappa shape index (κ1) is 36.3. The summed E-state index contributed by atoms with van der Waals surface area (Å²) in [5.41, 5.74) is 13.7. The number of nitrogens with zero attached hydrogens (tertiary/aromatic N) is 1. The number of primary amides is 1. The second-order valence-electron chi connectivity index (χ2n) is 6.98. The van der Waals surface area contributed by atoms with Crippen molar-refractivity contribution in [2.24, 2.45) is 16.5 Å². The van der Waals surface area contributed by atoms with Gasteiger partial charge in [0.1, 0.15) is 18.1 Å². The number of hydrogen-bond donors (Lipinski definition) is 3. The molecule has 0 heterocycles. The molecule has 0 aliphatic carbocycles. The van der Waals surface area contributed by atoms with Crippen molar-refractivity contribution in [3.05, 3.63) is 64.9 Å². The second-order valence-corrected chi connectivity index (χ2v) is 6.98. The predicted molar refractivity (Wildman–Crippen MR) is 153 cm³/mol. The van der Waals surface area contributed by atoms with Gasteiger partial charge in [-0.15, -0.1) is 0 Å². The Bertz CT molecular complexity index is 830. The van der Waals surface area contributed by atoms with Crippen molar-refractivity contribution >= 4 is 18.3 Å². The number of nitrogens with two attached hydrogens (primary N) is 2. The SMILES string of the molecule is C/C(=C/c1ccc(OCc2ccc(C)cc2O)cc1)N=CN.CC.CC.CCC.CCCC(N)=O. The maximum absolute atomic E-state index is 9.85. The van der Waals surface area contributed by atoms with Crippen molar-refractivity contribution < 1.29 is 14.6 Å². The lowest BCUT2D eigenvalue weighted by atomic mass is 10.1. The Morgan fingerprint density at radius 2 is 1.57 bits per heavy atom. The Balaban J connectivity index is -0.000000661. The predicted octanol–water partition coefficient (Wildman–Crippen LogP) is 7.37. The van der Waals surface area contributed by atoms with E-state index in [9.17, 15) is 9.90 Å². The fourth-order valence-corrected chi connectivity index (χ4v) is 2.26.